The van der Waals surface area contributed by atoms with Gasteiger partial charge in [-0.2, -0.15) is 0 Å². The van der Waals surface area contributed by atoms with Crippen LogP contribution in [0.25, 0.3) is 11.2 Å². The molecule has 1 atom stereocenters. The fourth-order valence-electron chi connectivity index (χ4n) is 1.84. The number of fused-ring (bicyclic) bond motifs is 1. The first kappa shape index (κ1) is 12.3. The maximum Gasteiger partial charge on any atom is 0.329 e. The fraction of sp³-hybridized carbons (Fsp3) is 0.417. The van der Waals surface area contributed by atoms with E-state index in [2.05, 4.69) is 9.97 Å². The van der Waals surface area contributed by atoms with Crippen molar-refractivity contribution in [3.63, 3.8) is 0 Å². The largest absolute Gasteiger partial charge is 0.464 e. The molecule has 0 aliphatic heterocycles. The average Bonchev–Trinajstić information content (AvgIpc) is 2.64. The highest BCUT2D eigenvalue weighted by Crippen LogP contribution is 2.22. The van der Waals surface area contributed by atoms with Crippen LogP contribution in [0.3, 0.4) is 0 Å². The predicted octanol–water partition coefficient (Wildman–Crippen LogP) is 1.45. The molecule has 0 fully saturated rings. The summed E-state index contributed by atoms with van der Waals surface area (Å²) in [7, 11) is 0. The molecular formula is C12H16N4O2. The number of pyridine rings is 1. The van der Waals surface area contributed by atoms with Gasteiger partial charge in [0.25, 0.3) is 0 Å². The number of hydrogen-bond donors (Lipinski definition) is 1. The van der Waals surface area contributed by atoms with E-state index in [9.17, 15) is 4.79 Å². The van der Waals surface area contributed by atoms with Gasteiger partial charge in [-0.3, -0.25) is 4.57 Å². The second-order valence-corrected chi connectivity index (χ2v) is 4.06. The Morgan fingerprint density at radius 1 is 1.50 bits per heavy atom. The zero-order chi connectivity index (χ0) is 13.3. The molecule has 1 unspecified atom stereocenters. The standard InChI is InChI=1S/C12H16N4O2/c1-4-18-11(17)8(3)16-10-9(15-12(16)13)6-5-7(2)14-10/h5-6,8H,4H2,1-3H3,(H2,13,15). The number of aryl methyl sites for hydroxylation is 1. The van der Waals surface area contributed by atoms with E-state index in [1.54, 1.807) is 18.4 Å². The fourth-order valence-corrected chi connectivity index (χ4v) is 1.84. The lowest BCUT2D eigenvalue weighted by Gasteiger charge is -2.13. The summed E-state index contributed by atoms with van der Waals surface area (Å²) < 4.78 is 6.59. The molecule has 2 aromatic heterocycles. The number of nitrogens with two attached hydrogens (primary N) is 1. The summed E-state index contributed by atoms with van der Waals surface area (Å²) in [4.78, 5) is 20.3. The average molecular weight is 248 g/mol. The van der Waals surface area contributed by atoms with Gasteiger partial charge in [-0.05, 0) is 32.9 Å². The molecule has 0 spiro atoms. The SMILES string of the molecule is CCOC(=O)C(C)n1c(N)nc2ccc(C)nc21. The van der Waals surface area contributed by atoms with Crippen molar-refractivity contribution in [2.75, 3.05) is 12.3 Å². The van der Waals surface area contributed by atoms with E-state index in [0.717, 1.165) is 5.69 Å². The number of ether oxygens (including phenoxy) is 1. The van der Waals surface area contributed by atoms with E-state index < -0.39 is 6.04 Å². The minimum atomic E-state index is -0.538. The van der Waals surface area contributed by atoms with Crippen LogP contribution in [0.4, 0.5) is 5.95 Å². The number of nitrogens with zero attached hydrogens (tertiary/aromatic N) is 3. The predicted molar refractivity (Wildman–Crippen MR) is 68.0 cm³/mol. The molecule has 0 radical (unpaired) electrons. The molecule has 6 nitrogen and oxygen atoms in total. The van der Waals surface area contributed by atoms with Crippen LogP contribution in [-0.2, 0) is 9.53 Å². The molecule has 0 bridgehead atoms. The van der Waals surface area contributed by atoms with Gasteiger partial charge in [0.2, 0.25) is 5.95 Å². The molecule has 2 rings (SSSR count). The molecular weight excluding hydrogens is 232 g/mol. The van der Waals surface area contributed by atoms with E-state index in [0.29, 0.717) is 17.8 Å². The van der Waals surface area contributed by atoms with Gasteiger partial charge in [0.15, 0.2) is 5.65 Å². The Morgan fingerprint density at radius 2 is 2.22 bits per heavy atom. The van der Waals surface area contributed by atoms with Crippen LogP contribution in [0.2, 0.25) is 0 Å². The molecule has 0 aliphatic carbocycles. The van der Waals surface area contributed by atoms with Crippen LogP contribution in [-0.4, -0.2) is 27.1 Å². The number of rotatable bonds is 3. The zero-order valence-corrected chi connectivity index (χ0v) is 10.7. The summed E-state index contributed by atoms with van der Waals surface area (Å²) in [5, 5.41) is 0. The van der Waals surface area contributed by atoms with Gasteiger partial charge in [0.05, 0.1) is 6.61 Å². The summed E-state index contributed by atoms with van der Waals surface area (Å²) in [6.07, 6.45) is 0. The van der Waals surface area contributed by atoms with Crippen molar-refractivity contribution in [1.29, 1.82) is 0 Å². The van der Waals surface area contributed by atoms with Gasteiger partial charge in [0.1, 0.15) is 11.6 Å². The molecule has 2 heterocycles. The monoisotopic (exact) mass is 248 g/mol. The maximum atomic E-state index is 11.8. The van der Waals surface area contributed by atoms with Crippen LogP contribution in [0.15, 0.2) is 12.1 Å². The number of aromatic nitrogens is 3. The normalized spacial score (nSPS) is 12.6. The molecule has 0 amide bonds. The summed E-state index contributed by atoms with van der Waals surface area (Å²) in [5.41, 5.74) is 7.97. The van der Waals surface area contributed by atoms with Crippen molar-refractivity contribution in [3.05, 3.63) is 17.8 Å². The smallest absolute Gasteiger partial charge is 0.329 e. The molecule has 0 aromatic carbocycles. The maximum absolute atomic E-state index is 11.8. The number of esters is 1. The molecule has 18 heavy (non-hydrogen) atoms. The minimum absolute atomic E-state index is 0.267. The van der Waals surface area contributed by atoms with Crippen molar-refractivity contribution in [2.45, 2.75) is 26.8 Å². The Kier molecular flexibility index (Phi) is 3.18. The van der Waals surface area contributed by atoms with Crippen molar-refractivity contribution in [3.8, 4) is 0 Å². The molecule has 0 aliphatic rings. The van der Waals surface area contributed by atoms with Crippen LogP contribution in [0, 0.1) is 6.92 Å². The van der Waals surface area contributed by atoms with Crippen molar-refractivity contribution in [2.24, 2.45) is 0 Å². The molecule has 0 saturated heterocycles. The van der Waals surface area contributed by atoms with Gasteiger partial charge in [-0.1, -0.05) is 0 Å². The highest BCUT2D eigenvalue weighted by Gasteiger charge is 2.22. The molecule has 2 N–H and O–H groups in total. The molecule has 6 heteroatoms. The second kappa shape index (κ2) is 4.64. The Morgan fingerprint density at radius 3 is 2.89 bits per heavy atom. The van der Waals surface area contributed by atoms with Crippen molar-refractivity contribution >= 4 is 23.1 Å². The molecule has 2 aromatic rings. The third-order valence-corrected chi connectivity index (χ3v) is 2.72. The topological polar surface area (TPSA) is 83.0 Å². The first-order valence-electron chi connectivity index (χ1n) is 5.82. The first-order valence-corrected chi connectivity index (χ1v) is 5.82. The van der Waals surface area contributed by atoms with Crippen molar-refractivity contribution in [1.82, 2.24) is 14.5 Å². The number of imidazole rings is 1. The van der Waals surface area contributed by atoms with E-state index in [4.69, 9.17) is 10.5 Å². The van der Waals surface area contributed by atoms with Gasteiger partial charge in [-0.15, -0.1) is 0 Å². The third kappa shape index (κ3) is 2.01. The Hall–Kier alpha value is -2.11. The van der Waals surface area contributed by atoms with Crippen LogP contribution in [0.5, 0.6) is 0 Å². The number of anilines is 1. The number of carbonyl (C=O) groups is 1. The lowest BCUT2D eigenvalue weighted by Crippen LogP contribution is -2.21. The highest BCUT2D eigenvalue weighted by molar-refractivity contribution is 5.80. The van der Waals surface area contributed by atoms with Gasteiger partial charge < -0.3 is 10.5 Å². The summed E-state index contributed by atoms with van der Waals surface area (Å²) in [6, 6.07) is 3.15. The second-order valence-electron chi connectivity index (χ2n) is 4.06. The minimum Gasteiger partial charge on any atom is -0.464 e. The Balaban J connectivity index is 2.52. The molecule has 96 valence electrons. The van der Waals surface area contributed by atoms with Crippen LogP contribution in [0.1, 0.15) is 25.6 Å². The Labute approximate surface area is 105 Å². The number of nitrogen functional groups attached to an aromatic ring is 1. The van der Waals surface area contributed by atoms with E-state index in [-0.39, 0.29) is 11.9 Å². The first-order chi connectivity index (χ1) is 8.54. The lowest BCUT2D eigenvalue weighted by molar-refractivity contribution is -0.146. The van der Waals surface area contributed by atoms with Gasteiger partial charge >= 0.3 is 5.97 Å². The third-order valence-electron chi connectivity index (χ3n) is 2.72. The van der Waals surface area contributed by atoms with Gasteiger partial charge in [-0.25, -0.2) is 14.8 Å². The van der Waals surface area contributed by atoms with E-state index in [1.165, 1.54) is 0 Å². The summed E-state index contributed by atoms with van der Waals surface area (Å²) >= 11 is 0. The van der Waals surface area contributed by atoms with Crippen LogP contribution < -0.4 is 5.73 Å². The van der Waals surface area contributed by atoms with E-state index >= 15 is 0 Å². The Bertz CT molecular complexity index is 591. The number of hydrogen-bond acceptors (Lipinski definition) is 5. The van der Waals surface area contributed by atoms with Crippen molar-refractivity contribution < 1.29 is 9.53 Å². The summed E-state index contributed by atoms with van der Waals surface area (Å²) in [6.45, 7) is 5.70. The van der Waals surface area contributed by atoms with E-state index in [1.807, 2.05) is 19.1 Å². The quantitative estimate of drug-likeness (QED) is 0.831. The van der Waals surface area contributed by atoms with Gasteiger partial charge in [0, 0.05) is 5.69 Å². The van der Waals surface area contributed by atoms with Crippen LogP contribution >= 0.6 is 0 Å². The highest BCUT2D eigenvalue weighted by atomic mass is 16.5. The lowest BCUT2D eigenvalue weighted by atomic mass is 10.3. The number of carbonyl (C=O) groups excluding carboxylic acids is 1. The zero-order valence-electron chi connectivity index (χ0n) is 10.7. The summed E-state index contributed by atoms with van der Waals surface area (Å²) in [5.74, 6) is -0.0736. The molecule has 0 saturated carbocycles.